The van der Waals surface area contributed by atoms with E-state index < -0.39 is 0 Å². The van der Waals surface area contributed by atoms with Crippen molar-refractivity contribution in [1.82, 2.24) is 9.97 Å². The van der Waals surface area contributed by atoms with Crippen LogP contribution in [0.3, 0.4) is 0 Å². The first-order chi connectivity index (χ1) is 10.8. The van der Waals surface area contributed by atoms with Crippen molar-refractivity contribution >= 4 is 27.4 Å². The molecule has 0 bridgehead atoms. The van der Waals surface area contributed by atoms with Crippen LogP contribution in [0.5, 0.6) is 0 Å². The summed E-state index contributed by atoms with van der Waals surface area (Å²) in [4.78, 5) is 11.9. The van der Waals surface area contributed by atoms with E-state index in [0.29, 0.717) is 6.04 Å². The quantitative estimate of drug-likeness (QED) is 0.883. The van der Waals surface area contributed by atoms with Crippen LogP contribution in [0.4, 0.5) is 5.82 Å². The number of anilines is 1. The Morgan fingerprint density at radius 2 is 2.18 bits per heavy atom. The Morgan fingerprint density at radius 3 is 3.05 bits per heavy atom. The number of aromatic nitrogens is 2. The average Bonchev–Trinajstić information content (AvgIpc) is 3.10. The second kappa shape index (κ2) is 5.80. The minimum atomic E-state index is 0.564. The molecule has 4 heteroatoms. The molecule has 0 amide bonds. The highest BCUT2D eigenvalue weighted by Crippen LogP contribution is 2.40. The predicted octanol–water partition coefficient (Wildman–Crippen LogP) is 4.81. The highest BCUT2D eigenvalue weighted by molar-refractivity contribution is 7.19. The second-order valence-corrected chi connectivity index (χ2v) is 8.16. The lowest BCUT2D eigenvalue weighted by molar-refractivity contribution is 0.260. The minimum Gasteiger partial charge on any atom is -0.366 e. The summed E-state index contributed by atoms with van der Waals surface area (Å²) in [7, 11) is 0. The molecule has 2 aromatic heterocycles. The van der Waals surface area contributed by atoms with Crippen LogP contribution in [-0.2, 0) is 12.8 Å². The van der Waals surface area contributed by atoms with Crippen molar-refractivity contribution in [3.63, 3.8) is 0 Å². The molecule has 2 heterocycles. The molecular weight excluding hydrogens is 290 g/mol. The lowest BCUT2D eigenvalue weighted by Gasteiger charge is -2.35. The van der Waals surface area contributed by atoms with E-state index in [1.165, 1.54) is 60.7 Å². The van der Waals surface area contributed by atoms with Crippen LogP contribution in [0.2, 0.25) is 0 Å². The van der Waals surface area contributed by atoms with Crippen molar-refractivity contribution in [2.75, 3.05) is 5.32 Å². The number of nitrogens with one attached hydrogen (secondary N) is 1. The lowest BCUT2D eigenvalue weighted by atomic mass is 9.78. The fourth-order valence-electron chi connectivity index (χ4n) is 4.19. The largest absolute Gasteiger partial charge is 0.366 e. The van der Waals surface area contributed by atoms with Crippen LogP contribution >= 0.6 is 11.3 Å². The highest BCUT2D eigenvalue weighted by atomic mass is 32.1. The van der Waals surface area contributed by atoms with Crippen LogP contribution in [-0.4, -0.2) is 16.0 Å². The van der Waals surface area contributed by atoms with Gasteiger partial charge in [-0.2, -0.15) is 0 Å². The Labute approximate surface area is 136 Å². The van der Waals surface area contributed by atoms with Gasteiger partial charge in [-0.25, -0.2) is 9.97 Å². The molecule has 0 aromatic carbocycles. The van der Waals surface area contributed by atoms with Gasteiger partial charge in [0.1, 0.15) is 17.0 Å². The maximum absolute atomic E-state index is 4.62. The topological polar surface area (TPSA) is 37.8 Å². The van der Waals surface area contributed by atoms with Gasteiger partial charge in [-0.05, 0) is 49.5 Å². The standard InChI is InChI=1S/C18H25N3S/c1-3-12-8-7-11(2)14(9-12)21-17-16-13-5-4-6-15(13)22-18(16)20-10-19-17/h10-12,14H,3-9H2,1-2H3,(H,19,20,21)/t11-,12?,14?/m0/s1. The lowest BCUT2D eigenvalue weighted by Crippen LogP contribution is -2.34. The van der Waals surface area contributed by atoms with Crippen molar-refractivity contribution in [3.8, 4) is 0 Å². The molecule has 2 unspecified atom stereocenters. The van der Waals surface area contributed by atoms with Gasteiger partial charge in [0.15, 0.2) is 0 Å². The van der Waals surface area contributed by atoms with E-state index in [4.69, 9.17) is 0 Å². The third-order valence-corrected chi connectivity index (χ3v) is 6.91. The summed E-state index contributed by atoms with van der Waals surface area (Å²) in [6.07, 6.45) is 10.8. The highest BCUT2D eigenvalue weighted by Gasteiger charge is 2.28. The number of fused-ring (bicyclic) bond motifs is 3. The van der Waals surface area contributed by atoms with Crippen molar-refractivity contribution in [2.24, 2.45) is 11.8 Å². The summed E-state index contributed by atoms with van der Waals surface area (Å²) in [5, 5.41) is 5.13. The number of rotatable bonds is 3. The third-order valence-electron chi connectivity index (χ3n) is 5.71. The van der Waals surface area contributed by atoms with Crippen LogP contribution in [0.1, 0.15) is 56.4 Å². The van der Waals surface area contributed by atoms with Gasteiger partial charge in [0.2, 0.25) is 0 Å². The van der Waals surface area contributed by atoms with Crippen molar-refractivity contribution in [1.29, 1.82) is 0 Å². The Kier molecular flexibility index (Phi) is 3.81. The van der Waals surface area contributed by atoms with Gasteiger partial charge < -0.3 is 5.32 Å². The normalized spacial score (nSPS) is 28.0. The summed E-state index contributed by atoms with van der Waals surface area (Å²) in [5.74, 6) is 2.71. The van der Waals surface area contributed by atoms with E-state index in [2.05, 4.69) is 29.1 Å². The molecule has 0 aliphatic heterocycles. The molecule has 3 nitrogen and oxygen atoms in total. The van der Waals surface area contributed by atoms with Crippen molar-refractivity contribution < 1.29 is 0 Å². The molecule has 118 valence electrons. The SMILES string of the molecule is CCC1CC[C@H](C)C(Nc2ncnc3sc4c(c23)CCC4)C1. The summed E-state index contributed by atoms with van der Waals surface area (Å²) >= 11 is 1.88. The molecule has 0 radical (unpaired) electrons. The number of thiophene rings is 1. The van der Waals surface area contributed by atoms with Gasteiger partial charge in [0.25, 0.3) is 0 Å². The summed E-state index contributed by atoms with van der Waals surface area (Å²) in [5.41, 5.74) is 1.53. The number of aryl methyl sites for hydroxylation is 2. The van der Waals surface area contributed by atoms with Gasteiger partial charge in [-0.1, -0.05) is 26.7 Å². The third kappa shape index (κ3) is 2.41. The Morgan fingerprint density at radius 1 is 1.27 bits per heavy atom. The molecule has 1 N–H and O–H groups in total. The van der Waals surface area contributed by atoms with E-state index in [1.54, 1.807) is 11.2 Å². The summed E-state index contributed by atoms with van der Waals surface area (Å²) in [6, 6.07) is 0.564. The number of hydrogen-bond donors (Lipinski definition) is 1. The van der Waals surface area contributed by atoms with Crippen molar-refractivity contribution in [2.45, 2.75) is 64.8 Å². The van der Waals surface area contributed by atoms with Gasteiger partial charge in [-0.3, -0.25) is 0 Å². The maximum atomic E-state index is 4.62. The van der Waals surface area contributed by atoms with Gasteiger partial charge in [0.05, 0.1) is 5.39 Å². The molecule has 3 atom stereocenters. The van der Waals surface area contributed by atoms with Gasteiger partial charge >= 0.3 is 0 Å². The number of hydrogen-bond acceptors (Lipinski definition) is 4. The van der Waals surface area contributed by atoms with E-state index in [0.717, 1.165) is 17.7 Å². The zero-order chi connectivity index (χ0) is 15.1. The first-order valence-electron chi connectivity index (χ1n) is 8.78. The first-order valence-corrected chi connectivity index (χ1v) is 9.59. The van der Waals surface area contributed by atoms with Gasteiger partial charge in [-0.15, -0.1) is 11.3 Å². The fraction of sp³-hybridized carbons (Fsp3) is 0.667. The molecule has 0 spiro atoms. The molecular formula is C18H25N3S. The monoisotopic (exact) mass is 315 g/mol. The Hall–Kier alpha value is -1.16. The Balaban J connectivity index is 1.66. The molecule has 1 fully saturated rings. The molecule has 22 heavy (non-hydrogen) atoms. The van der Waals surface area contributed by atoms with Gasteiger partial charge in [0, 0.05) is 10.9 Å². The van der Waals surface area contributed by atoms with E-state index in [9.17, 15) is 0 Å². The summed E-state index contributed by atoms with van der Waals surface area (Å²) < 4.78 is 0. The van der Waals surface area contributed by atoms with Crippen LogP contribution in [0.15, 0.2) is 6.33 Å². The zero-order valence-corrected chi connectivity index (χ0v) is 14.4. The molecule has 0 saturated heterocycles. The average molecular weight is 315 g/mol. The van der Waals surface area contributed by atoms with Crippen molar-refractivity contribution in [3.05, 3.63) is 16.8 Å². The van der Waals surface area contributed by atoms with E-state index in [1.807, 2.05) is 11.3 Å². The molecule has 2 aliphatic carbocycles. The zero-order valence-electron chi connectivity index (χ0n) is 13.6. The predicted molar refractivity (Wildman–Crippen MR) is 93.6 cm³/mol. The number of nitrogens with zero attached hydrogens (tertiary/aromatic N) is 2. The van der Waals surface area contributed by atoms with E-state index in [-0.39, 0.29) is 0 Å². The maximum Gasteiger partial charge on any atom is 0.138 e. The first kappa shape index (κ1) is 14.4. The minimum absolute atomic E-state index is 0.564. The molecule has 2 aromatic rings. The fourth-order valence-corrected chi connectivity index (χ4v) is 5.42. The Bertz CT molecular complexity index is 678. The second-order valence-electron chi connectivity index (χ2n) is 7.08. The van der Waals surface area contributed by atoms with Crippen LogP contribution in [0, 0.1) is 11.8 Å². The molecule has 4 rings (SSSR count). The van der Waals surface area contributed by atoms with E-state index >= 15 is 0 Å². The van der Waals surface area contributed by atoms with Crippen LogP contribution < -0.4 is 5.32 Å². The van der Waals surface area contributed by atoms with Crippen LogP contribution in [0.25, 0.3) is 10.2 Å². The molecule has 2 aliphatic rings. The smallest absolute Gasteiger partial charge is 0.138 e. The molecule has 1 saturated carbocycles. The summed E-state index contributed by atoms with van der Waals surface area (Å²) in [6.45, 7) is 4.71.